The lowest BCUT2D eigenvalue weighted by molar-refractivity contribution is 0.395. The van der Waals surface area contributed by atoms with Crippen molar-refractivity contribution in [2.24, 2.45) is 0 Å². The molecule has 1 fully saturated rings. The van der Waals surface area contributed by atoms with E-state index >= 15 is 0 Å². The van der Waals surface area contributed by atoms with Crippen molar-refractivity contribution in [3.05, 3.63) is 28.2 Å². The fourth-order valence-electron chi connectivity index (χ4n) is 2.13. The first kappa shape index (κ1) is 16.3. The molecule has 1 aromatic rings. The molecule has 1 aliphatic rings. The molecule has 0 N–H and O–H groups in total. The van der Waals surface area contributed by atoms with Crippen molar-refractivity contribution in [3.8, 4) is 0 Å². The third-order valence-electron chi connectivity index (χ3n) is 3.42. The monoisotopic (exact) mass is 379 g/mol. The molecule has 1 saturated carbocycles. The maximum Gasteiger partial charge on any atom is 0.244 e. The van der Waals surface area contributed by atoms with Gasteiger partial charge in [0, 0.05) is 22.9 Å². The minimum absolute atomic E-state index is 0.179. The van der Waals surface area contributed by atoms with E-state index in [4.69, 9.17) is 11.6 Å². The number of sulfonamides is 1. The molecule has 0 amide bonds. The molecule has 1 aromatic carbocycles. The minimum atomic E-state index is -3.45. The summed E-state index contributed by atoms with van der Waals surface area (Å²) >= 11 is 9.17. The van der Waals surface area contributed by atoms with Crippen molar-refractivity contribution in [1.29, 1.82) is 0 Å². The molecule has 0 bridgehead atoms. The molecule has 3 nitrogen and oxygen atoms in total. The van der Waals surface area contributed by atoms with Crippen LogP contribution in [0.2, 0.25) is 0 Å². The summed E-state index contributed by atoms with van der Waals surface area (Å²) in [6, 6.07) is 5.45. The van der Waals surface area contributed by atoms with Crippen LogP contribution < -0.4 is 0 Å². The van der Waals surface area contributed by atoms with E-state index in [0.29, 0.717) is 21.8 Å². The quantitative estimate of drug-likeness (QED) is 0.667. The van der Waals surface area contributed by atoms with Crippen molar-refractivity contribution in [2.75, 3.05) is 6.54 Å². The summed E-state index contributed by atoms with van der Waals surface area (Å²) in [6.07, 6.45) is 3.82. The second-order valence-electron chi connectivity index (χ2n) is 5.10. The van der Waals surface area contributed by atoms with E-state index in [1.165, 1.54) is 0 Å². The molecule has 112 valence electrons. The number of alkyl halides is 1. The molecule has 0 spiro atoms. The van der Waals surface area contributed by atoms with Crippen LogP contribution in [-0.4, -0.2) is 25.3 Å². The van der Waals surface area contributed by atoms with E-state index in [2.05, 4.69) is 22.9 Å². The number of rotatable bonds is 7. The van der Waals surface area contributed by atoms with E-state index in [0.717, 1.165) is 31.2 Å². The SMILES string of the molecule is CCCCN(C1CC1)S(=O)(=O)c1cc(CCl)ccc1Br. The number of hydrogen-bond acceptors (Lipinski definition) is 2. The maximum atomic E-state index is 12.9. The molecule has 20 heavy (non-hydrogen) atoms. The Hall–Kier alpha value is -0.100. The lowest BCUT2D eigenvalue weighted by Crippen LogP contribution is -2.34. The number of hydrogen-bond donors (Lipinski definition) is 0. The normalized spacial score (nSPS) is 15.8. The highest BCUT2D eigenvalue weighted by atomic mass is 79.9. The molecular formula is C14H19BrClNO2S. The Balaban J connectivity index is 2.36. The van der Waals surface area contributed by atoms with Crippen molar-refractivity contribution in [2.45, 2.75) is 49.4 Å². The highest BCUT2D eigenvalue weighted by Gasteiger charge is 2.38. The summed E-state index contributed by atoms with van der Waals surface area (Å²) in [5, 5.41) is 0. The molecule has 0 saturated heterocycles. The topological polar surface area (TPSA) is 37.4 Å². The van der Waals surface area contributed by atoms with E-state index < -0.39 is 10.0 Å². The number of halogens is 2. The summed E-state index contributed by atoms with van der Waals surface area (Å²) in [6.45, 7) is 2.67. The van der Waals surface area contributed by atoms with Crippen molar-refractivity contribution >= 4 is 37.6 Å². The summed E-state index contributed by atoms with van der Waals surface area (Å²) < 4.78 is 28.0. The highest BCUT2D eigenvalue weighted by molar-refractivity contribution is 9.10. The molecule has 0 heterocycles. The number of benzene rings is 1. The fourth-order valence-corrected chi connectivity index (χ4v) is 5.00. The zero-order valence-corrected chi connectivity index (χ0v) is 14.6. The van der Waals surface area contributed by atoms with Crippen LogP contribution in [0, 0.1) is 0 Å². The van der Waals surface area contributed by atoms with Crippen LogP contribution in [0.3, 0.4) is 0 Å². The molecule has 0 aliphatic heterocycles. The Labute approximate surface area is 134 Å². The largest absolute Gasteiger partial charge is 0.244 e. The molecule has 0 atom stereocenters. The Kier molecular flexibility index (Phi) is 5.51. The van der Waals surface area contributed by atoms with Crippen LogP contribution >= 0.6 is 27.5 Å². The Morgan fingerprint density at radius 3 is 2.65 bits per heavy atom. The summed E-state index contributed by atoms with van der Waals surface area (Å²) in [4.78, 5) is 0.332. The summed E-state index contributed by atoms with van der Waals surface area (Å²) in [5.41, 5.74) is 0.819. The van der Waals surface area contributed by atoms with Gasteiger partial charge in [-0.1, -0.05) is 19.4 Å². The van der Waals surface area contributed by atoms with Gasteiger partial charge in [0.05, 0.1) is 4.90 Å². The van der Waals surface area contributed by atoms with Gasteiger partial charge in [-0.05, 0) is 52.9 Å². The standard InChI is InChI=1S/C14H19BrClNO2S/c1-2-3-8-17(12-5-6-12)20(18,19)14-9-11(10-16)4-7-13(14)15/h4,7,9,12H,2-3,5-6,8,10H2,1H3. The van der Waals surface area contributed by atoms with Gasteiger partial charge < -0.3 is 0 Å². The van der Waals surface area contributed by atoms with E-state index in [1.54, 1.807) is 16.4 Å². The summed E-state index contributed by atoms with van der Waals surface area (Å²) in [5.74, 6) is 0.314. The number of unbranched alkanes of at least 4 members (excludes halogenated alkanes) is 1. The second kappa shape index (κ2) is 6.77. The first-order valence-electron chi connectivity index (χ1n) is 6.87. The Morgan fingerprint density at radius 1 is 1.40 bits per heavy atom. The molecule has 1 aliphatic carbocycles. The summed E-state index contributed by atoms with van der Waals surface area (Å²) in [7, 11) is -3.45. The zero-order chi connectivity index (χ0) is 14.8. The van der Waals surface area contributed by atoms with E-state index in [1.807, 2.05) is 6.07 Å². The molecular weight excluding hydrogens is 362 g/mol. The Morgan fingerprint density at radius 2 is 2.10 bits per heavy atom. The van der Waals surface area contributed by atoms with Crippen LogP contribution in [0.25, 0.3) is 0 Å². The highest BCUT2D eigenvalue weighted by Crippen LogP contribution is 2.35. The third kappa shape index (κ3) is 3.56. The lowest BCUT2D eigenvalue weighted by Gasteiger charge is -2.22. The van der Waals surface area contributed by atoms with E-state index in [9.17, 15) is 8.42 Å². The van der Waals surface area contributed by atoms with Crippen molar-refractivity contribution < 1.29 is 8.42 Å². The second-order valence-corrected chi connectivity index (χ2v) is 8.08. The van der Waals surface area contributed by atoms with Gasteiger partial charge in [0.15, 0.2) is 0 Å². The van der Waals surface area contributed by atoms with Gasteiger partial charge in [0.25, 0.3) is 0 Å². The van der Waals surface area contributed by atoms with Gasteiger partial charge in [-0.3, -0.25) is 0 Å². The predicted octanol–water partition coefficient (Wildman–Crippen LogP) is 4.14. The molecule has 0 unspecified atom stereocenters. The van der Waals surface area contributed by atoms with Gasteiger partial charge >= 0.3 is 0 Å². The van der Waals surface area contributed by atoms with Gasteiger partial charge in [-0.25, -0.2) is 8.42 Å². The molecule has 0 radical (unpaired) electrons. The van der Waals surface area contributed by atoms with Crippen LogP contribution in [0.4, 0.5) is 0 Å². The minimum Gasteiger partial charge on any atom is -0.207 e. The third-order valence-corrected chi connectivity index (χ3v) is 6.68. The average molecular weight is 381 g/mol. The lowest BCUT2D eigenvalue weighted by atomic mass is 10.2. The average Bonchev–Trinajstić information content (AvgIpc) is 3.24. The predicted molar refractivity (Wildman–Crippen MR) is 85.5 cm³/mol. The van der Waals surface area contributed by atoms with Gasteiger partial charge in [-0.15, -0.1) is 11.6 Å². The van der Waals surface area contributed by atoms with E-state index in [-0.39, 0.29) is 6.04 Å². The first-order valence-corrected chi connectivity index (χ1v) is 9.63. The van der Waals surface area contributed by atoms with Crippen molar-refractivity contribution in [3.63, 3.8) is 0 Å². The van der Waals surface area contributed by atoms with Crippen LogP contribution in [-0.2, 0) is 15.9 Å². The molecule has 6 heteroatoms. The maximum absolute atomic E-state index is 12.9. The van der Waals surface area contributed by atoms with Crippen LogP contribution in [0.1, 0.15) is 38.2 Å². The van der Waals surface area contributed by atoms with Crippen LogP contribution in [0.15, 0.2) is 27.6 Å². The fraction of sp³-hybridized carbons (Fsp3) is 0.571. The van der Waals surface area contributed by atoms with Gasteiger partial charge in [0.1, 0.15) is 0 Å². The molecule has 0 aromatic heterocycles. The van der Waals surface area contributed by atoms with Gasteiger partial charge in [0.2, 0.25) is 10.0 Å². The smallest absolute Gasteiger partial charge is 0.207 e. The first-order chi connectivity index (χ1) is 9.50. The van der Waals surface area contributed by atoms with Crippen molar-refractivity contribution in [1.82, 2.24) is 4.31 Å². The number of nitrogens with zero attached hydrogens (tertiary/aromatic N) is 1. The van der Waals surface area contributed by atoms with Crippen LogP contribution in [0.5, 0.6) is 0 Å². The molecule has 2 rings (SSSR count). The Bertz CT molecular complexity index is 573. The zero-order valence-electron chi connectivity index (χ0n) is 11.5. The van der Waals surface area contributed by atoms with Gasteiger partial charge in [-0.2, -0.15) is 4.31 Å².